The summed E-state index contributed by atoms with van der Waals surface area (Å²) in [5, 5.41) is 13.2. The second-order valence-corrected chi connectivity index (χ2v) is 12.7. The average Bonchev–Trinajstić information content (AvgIpc) is 3.72. The van der Waals surface area contributed by atoms with Crippen molar-refractivity contribution in [2.45, 2.75) is 50.2 Å². The molecule has 0 aromatic heterocycles. The third-order valence-electron chi connectivity index (χ3n) is 7.09. The molecule has 1 aliphatic carbocycles. The Morgan fingerprint density at radius 3 is 2.55 bits per heavy atom. The minimum atomic E-state index is -3.83. The zero-order valence-corrected chi connectivity index (χ0v) is 23.3. The Balaban J connectivity index is 1.64. The SMILES string of the molecule is C[C@H](CO)N1C[C@H](C)[C@H](CN(C)S(=O)(=O)c2ccc(Cl)cc2)Oc2ccc(NC(=O)C3CC3)cc2CC1=O. The highest BCUT2D eigenvalue weighted by atomic mass is 35.5. The number of halogens is 1. The Labute approximate surface area is 228 Å². The van der Waals surface area contributed by atoms with Crippen LogP contribution in [0.2, 0.25) is 5.02 Å². The molecule has 1 heterocycles. The Bertz CT molecular complexity index is 1280. The third-order valence-corrected chi connectivity index (χ3v) is 9.18. The molecular weight excluding hydrogens is 530 g/mol. The largest absolute Gasteiger partial charge is 0.488 e. The van der Waals surface area contributed by atoms with Gasteiger partial charge in [0, 0.05) is 41.7 Å². The predicted molar refractivity (Wildman–Crippen MR) is 145 cm³/mol. The second-order valence-electron chi connectivity index (χ2n) is 10.2. The summed E-state index contributed by atoms with van der Waals surface area (Å²) in [6, 6.07) is 10.7. The number of hydrogen-bond acceptors (Lipinski definition) is 6. The summed E-state index contributed by atoms with van der Waals surface area (Å²) in [5.41, 5.74) is 1.16. The van der Waals surface area contributed by atoms with Crippen molar-refractivity contribution in [1.29, 1.82) is 0 Å². The first-order valence-corrected chi connectivity index (χ1v) is 14.5. The lowest BCUT2D eigenvalue weighted by atomic mass is 10.0. The summed E-state index contributed by atoms with van der Waals surface area (Å²) >= 11 is 5.93. The van der Waals surface area contributed by atoms with Gasteiger partial charge in [-0.05, 0) is 62.2 Å². The van der Waals surface area contributed by atoms with Crippen LogP contribution in [-0.4, -0.2) is 73.4 Å². The van der Waals surface area contributed by atoms with E-state index in [1.165, 1.54) is 35.6 Å². The molecule has 2 aromatic carbocycles. The fourth-order valence-electron chi connectivity index (χ4n) is 4.45. The number of nitrogens with zero attached hydrogens (tertiary/aromatic N) is 2. The molecule has 0 spiro atoms. The van der Waals surface area contributed by atoms with Gasteiger partial charge in [-0.2, -0.15) is 4.31 Å². The van der Waals surface area contributed by atoms with E-state index in [0.717, 1.165) is 12.8 Å². The number of hydrogen-bond donors (Lipinski definition) is 2. The Morgan fingerprint density at radius 2 is 1.92 bits per heavy atom. The molecule has 0 saturated heterocycles. The number of amides is 2. The summed E-state index contributed by atoms with van der Waals surface area (Å²) < 4.78 is 34.2. The van der Waals surface area contributed by atoms with Gasteiger partial charge in [-0.25, -0.2) is 8.42 Å². The van der Waals surface area contributed by atoms with Gasteiger partial charge < -0.3 is 20.1 Å². The molecule has 2 aromatic rings. The van der Waals surface area contributed by atoms with Crippen molar-refractivity contribution < 1.29 is 27.9 Å². The predicted octanol–water partition coefficient (Wildman–Crippen LogP) is 3.16. The number of fused-ring (bicyclic) bond motifs is 1. The normalized spacial score (nSPS) is 21.1. The van der Waals surface area contributed by atoms with Crippen LogP contribution in [0.25, 0.3) is 0 Å². The number of nitrogens with one attached hydrogen (secondary N) is 1. The van der Waals surface area contributed by atoms with Crippen molar-refractivity contribution in [3.63, 3.8) is 0 Å². The molecule has 1 fully saturated rings. The third kappa shape index (κ3) is 6.48. The summed E-state index contributed by atoms with van der Waals surface area (Å²) in [7, 11) is -2.34. The highest BCUT2D eigenvalue weighted by molar-refractivity contribution is 7.89. The zero-order chi connectivity index (χ0) is 27.6. The monoisotopic (exact) mass is 563 g/mol. The molecule has 0 radical (unpaired) electrons. The van der Waals surface area contributed by atoms with Crippen molar-refractivity contribution in [3.8, 4) is 5.75 Å². The fraction of sp³-hybridized carbons (Fsp3) is 0.481. The topological polar surface area (TPSA) is 116 Å². The minimum Gasteiger partial charge on any atom is -0.488 e. The Morgan fingerprint density at radius 1 is 1.24 bits per heavy atom. The van der Waals surface area contributed by atoms with E-state index >= 15 is 0 Å². The molecule has 38 heavy (non-hydrogen) atoms. The van der Waals surface area contributed by atoms with Gasteiger partial charge in [-0.15, -0.1) is 0 Å². The van der Waals surface area contributed by atoms with Crippen LogP contribution in [-0.2, 0) is 26.0 Å². The van der Waals surface area contributed by atoms with E-state index in [-0.39, 0.29) is 54.7 Å². The van der Waals surface area contributed by atoms with Crippen molar-refractivity contribution in [2.75, 3.05) is 32.1 Å². The summed E-state index contributed by atoms with van der Waals surface area (Å²) in [6.07, 6.45) is 1.16. The van der Waals surface area contributed by atoms with Crippen molar-refractivity contribution >= 4 is 39.1 Å². The molecule has 11 heteroatoms. The van der Waals surface area contributed by atoms with Crippen LogP contribution in [0.15, 0.2) is 47.4 Å². The van der Waals surface area contributed by atoms with Gasteiger partial charge in [-0.1, -0.05) is 18.5 Å². The van der Waals surface area contributed by atoms with Crippen LogP contribution in [0.1, 0.15) is 32.3 Å². The molecule has 206 valence electrons. The molecule has 2 amide bonds. The van der Waals surface area contributed by atoms with Crippen LogP contribution in [0.4, 0.5) is 5.69 Å². The van der Waals surface area contributed by atoms with Gasteiger partial charge in [0.25, 0.3) is 0 Å². The number of ether oxygens (including phenoxy) is 1. The molecule has 2 N–H and O–H groups in total. The van der Waals surface area contributed by atoms with Crippen molar-refractivity contribution in [1.82, 2.24) is 9.21 Å². The van der Waals surface area contributed by atoms with E-state index in [2.05, 4.69) is 5.32 Å². The van der Waals surface area contributed by atoms with Gasteiger partial charge in [-0.3, -0.25) is 9.59 Å². The Kier molecular flexibility index (Phi) is 8.66. The molecule has 0 bridgehead atoms. The van der Waals surface area contributed by atoms with E-state index < -0.39 is 22.2 Å². The quantitative estimate of drug-likeness (QED) is 0.510. The molecule has 1 aliphatic heterocycles. The average molecular weight is 564 g/mol. The number of aliphatic hydroxyl groups excluding tert-OH is 1. The zero-order valence-electron chi connectivity index (χ0n) is 21.8. The standard InChI is InChI=1S/C27H34ClN3O6S/c1-17-14-31(18(2)16-32)26(33)13-20-12-22(29-27(34)19-4-5-19)8-11-24(20)37-25(17)15-30(3)38(35,36)23-9-6-21(28)7-10-23/h6-12,17-19,25,32H,4-5,13-16H2,1-3H3,(H,29,34)/t17-,18+,25-/m0/s1. The summed E-state index contributed by atoms with van der Waals surface area (Å²) in [4.78, 5) is 27.4. The Hall–Kier alpha value is -2.66. The number of anilines is 1. The number of sulfonamides is 1. The molecule has 0 unspecified atom stereocenters. The van der Waals surface area contributed by atoms with Crippen LogP contribution in [0.3, 0.4) is 0 Å². The molecule has 4 rings (SSSR count). The van der Waals surface area contributed by atoms with Gasteiger partial charge in [0.2, 0.25) is 21.8 Å². The number of rotatable bonds is 8. The van der Waals surface area contributed by atoms with Crippen LogP contribution in [0.5, 0.6) is 5.75 Å². The lowest BCUT2D eigenvalue weighted by Gasteiger charge is -2.33. The van der Waals surface area contributed by atoms with Gasteiger partial charge >= 0.3 is 0 Å². The van der Waals surface area contributed by atoms with E-state index in [1.54, 1.807) is 30.0 Å². The molecule has 9 nitrogen and oxygen atoms in total. The van der Waals surface area contributed by atoms with Gasteiger partial charge in [0.1, 0.15) is 11.9 Å². The number of benzene rings is 2. The number of aliphatic hydroxyl groups is 1. The summed E-state index contributed by atoms with van der Waals surface area (Å²) in [5.74, 6) is -0.0122. The molecule has 2 aliphatic rings. The first-order valence-electron chi connectivity index (χ1n) is 12.7. The lowest BCUT2D eigenvalue weighted by Crippen LogP contribution is -2.48. The van der Waals surface area contributed by atoms with E-state index in [9.17, 15) is 23.1 Å². The van der Waals surface area contributed by atoms with E-state index in [1.807, 2.05) is 6.92 Å². The minimum absolute atomic E-state index is 0.0190. The first-order chi connectivity index (χ1) is 18.0. The number of carbonyl (C=O) groups excluding carboxylic acids is 2. The smallest absolute Gasteiger partial charge is 0.242 e. The summed E-state index contributed by atoms with van der Waals surface area (Å²) in [6.45, 7) is 3.76. The fourth-order valence-corrected chi connectivity index (χ4v) is 5.76. The second kappa shape index (κ2) is 11.6. The lowest BCUT2D eigenvalue weighted by molar-refractivity contribution is -0.134. The maximum atomic E-state index is 13.3. The maximum Gasteiger partial charge on any atom is 0.242 e. The van der Waals surface area contributed by atoms with Crippen molar-refractivity contribution in [2.24, 2.45) is 11.8 Å². The number of carbonyl (C=O) groups is 2. The maximum absolute atomic E-state index is 13.3. The molecule has 1 saturated carbocycles. The van der Waals surface area contributed by atoms with Crippen LogP contribution >= 0.6 is 11.6 Å². The van der Waals surface area contributed by atoms with E-state index in [4.69, 9.17) is 16.3 Å². The van der Waals surface area contributed by atoms with Crippen LogP contribution in [0, 0.1) is 11.8 Å². The van der Waals surface area contributed by atoms with Gasteiger partial charge in [0.15, 0.2) is 0 Å². The highest BCUT2D eigenvalue weighted by Crippen LogP contribution is 2.33. The molecule has 3 atom stereocenters. The molecular formula is C27H34ClN3O6S. The first kappa shape index (κ1) is 28.4. The highest BCUT2D eigenvalue weighted by Gasteiger charge is 2.34. The van der Waals surface area contributed by atoms with E-state index in [0.29, 0.717) is 22.0 Å². The van der Waals surface area contributed by atoms with Crippen molar-refractivity contribution in [3.05, 3.63) is 53.1 Å². The van der Waals surface area contributed by atoms with Gasteiger partial charge in [0.05, 0.1) is 30.5 Å². The van der Waals surface area contributed by atoms with Crippen LogP contribution < -0.4 is 10.1 Å². The number of likely N-dealkylation sites (N-methyl/N-ethyl adjacent to an activating group) is 1.